The fraction of sp³-hybridized carbons (Fsp3) is 0.739. The molecule has 0 unspecified atom stereocenters. The second kappa shape index (κ2) is 8.87. The number of benzene rings is 1. The van der Waals surface area contributed by atoms with Crippen molar-refractivity contribution in [3.63, 3.8) is 0 Å². The van der Waals surface area contributed by atoms with Crippen LogP contribution in [0.25, 0.3) is 0 Å². The minimum atomic E-state index is -1.76. The Morgan fingerprint density at radius 1 is 0.926 bits per heavy atom. The van der Waals surface area contributed by atoms with Crippen molar-refractivity contribution >= 4 is 0 Å². The first kappa shape index (κ1) is 20.5. The Morgan fingerprint density at radius 2 is 1.56 bits per heavy atom. The molecule has 0 atom stereocenters. The Labute approximate surface area is 161 Å². The van der Waals surface area contributed by atoms with Crippen LogP contribution in [0.2, 0.25) is 0 Å². The van der Waals surface area contributed by atoms with Gasteiger partial charge in [-0.3, -0.25) is 0 Å². The summed E-state index contributed by atoms with van der Waals surface area (Å²) >= 11 is 0. The van der Waals surface area contributed by atoms with Crippen molar-refractivity contribution in [3.05, 3.63) is 29.3 Å². The lowest BCUT2D eigenvalue weighted by molar-refractivity contribution is 0.0487. The maximum Gasteiger partial charge on any atom is 0.201 e. The smallest absolute Gasteiger partial charge is 0.201 e. The number of rotatable bonds is 6. The summed E-state index contributed by atoms with van der Waals surface area (Å²) in [6.45, 7) is 4.20. The monoisotopic (exact) mass is 382 g/mol. The summed E-state index contributed by atoms with van der Waals surface area (Å²) in [5.74, 6) is -0.197. The van der Waals surface area contributed by atoms with E-state index in [-0.39, 0.29) is 30.8 Å². The summed E-state index contributed by atoms with van der Waals surface area (Å²) in [7, 11) is 0. The first-order chi connectivity index (χ1) is 13.0. The topological polar surface area (TPSA) is 9.23 Å². The van der Waals surface area contributed by atoms with Crippen LogP contribution >= 0.6 is 0 Å². The summed E-state index contributed by atoms with van der Waals surface area (Å²) in [6.07, 6.45) is 9.81. The van der Waals surface area contributed by atoms with E-state index in [2.05, 4.69) is 6.92 Å². The normalized spacial score (nSPS) is 31.7. The van der Waals surface area contributed by atoms with Gasteiger partial charge in [0.15, 0.2) is 11.6 Å². The van der Waals surface area contributed by atoms with Crippen LogP contribution in [0, 0.1) is 29.4 Å². The Kier molecular flexibility index (Phi) is 6.75. The molecule has 1 aromatic carbocycles. The molecular formula is C23H33F3O. The van der Waals surface area contributed by atoms with Gasteiger partial charge in [-0.15, -0.1) is 0 Å². The van der Waals surface area contributed by atoms with Gasteiger partial charge < -0.3 is 4.74 Å². The highest BCUT2D eigenvalue weighted by Crippen LogP contribution is 2.49. The third kappa shape index (κ3) is 4.46. The summed E-state index contributed by atoms with van der Waals surface area (Å²) in [4.78, 5) is 0. The summed E-state index contributed by atoms with van der Waals surface area (Å²) in [5, 5.41) is 0. The molecule has 0 aromatic heterocycles. The van der Waals surface area contributed by atoms with Crippen molar-refractivity contribution in [3.8, 4) is 5.75 Å². The molecule has 2 aliphatic rings. The molecule has 4 heteroatoms. The molecule has 3 rings (SSSR count). The van der Waals surface area contributed by atoms with Gasteiger partial charge in [-0.05, 0) is 75.3 Å². The van der Waals surface area contributed by atoms with Crippen LogP contribution in [0.1, 0.15) is 83.6 Å². The molecule has 0 radical (unpaired) electrons. The third-order valence-corrected chi connectivity index (χ3v) is 6.91. The van der Waals surface area contributed by atoms with Gasteiger partial charge in [-0.25, -0.2) is 8.78 Å². The Bertz CT molecular complexity index is 614. The lowest BCUT2D eigenvalue weighted by Gasteiger charge is -2.40. The number of hydrogen-bond acceptors (Lipinski definition) is 1. The van der Waals surface area contributed by atoms with E-state index < -0.39 is 17.3 Å². The van der Waals surface area contributed by atoms with Crippen molar-refractivity contribution in [1.29, 1.82) is 0 Å². The van der Waals surface area contributed by atoms with E-state index in [0.29, 0.717) is 11.8 Å². The van der Waals surface area contributed by atoms with Crippen LogP contribution in [0.15, 0.2) is 12.1 Å². The fourth-order valence-electron chi connectivity index (χ4n) is 5.34. The van der Waals surface area contributed by atoms with Crippen molar-refractivity contribution in [2.75, 3.05) is 6.61 Å². The Hall–Kier alpha value is -1.19. The standard InChI is InChI=1S/C23H33F3O/c1-3-5-16-6-8-17(9-7-16)18-12-14-23(26,15-13-18)19-10-11-20(27-4-2)22(25)21(19)24/h10-11,16-18H,3-9,12-15H2,1-2H3. The molecule has 0 aliphatic heterocycles. The summed E-state index contributed by atoms with van der Waals surface area (Å²) < 4.78 is 49.3. The van der Waals surface area contributed by atoms with Gasteiger partial charge in [0.25, 0.3) is 0 Å². The predicted molar refractivity (Wildman–Crippen MR) is 103 cm³/mol. The minimum absolute atomic E-state index is 0.131. The van der Waals surface area contributed by atoms with Crippen molar-refractivity contribution in [2.24, 2.45) is 17.8 Å². The molecule has 27 heavy (non-hydrogen) atoms. The predicted octanol–water partition coefficient (Wildman–Crippen LogP) is 7.33. The average molecular weight is 383 g/mol. The van der Waals surface area contributed by atoms with E-state index in [0.717, 1.165) is 18.8 Å². The molecule has 152 valence electrons. The zero-order valence-electron chi connectivity index (χ0n) is 16.7. The van der Waals surface area contributed by atoms with Crippen LogP contribution in [0.3, 0.4) is 0 Å². The van der Waals surface area contributed by atoms with E-state index >= 15 is 4.39 Å². The molecule has 0 bridgehead atoms. The van der Waals surface area contributed by atoms with Crippen molar-refractivity contribution in [2.45, 2.75) is 83.7 Å². The first-order valence-corrected chi connectivity index (χ1v) is 10.8. The molecule has 2 saturated carbocycles. The van der Waals surface area contributed by atoms with Crippen LogP contribution < -0.4 is 4.74 Å². The van der Waals surface area contributed by atoms with Crippen molar-refractivity contribution in [1.82, 2.24) is 0 Å². The molecule has 0 N–H and O–H groups in total. The molecule has 1 nitrogen and oxygen atoms in total. The van der Waals surface area contributed by atoms with Crippen LogP contribution in [0.4, 0.5) is 13.2 Å². The minimum Gasteiger partial charge on any atom is -0.491 e. The highest BCUT2D eigenvalue weighted by Gasteiger charge is 2.42. The van der Waals surface area contributed by atoms with Gasteiger partial charge in [0.05, 0.1) is 6.61 Å². The maximum absolute atomic E-state index is 15.5. The zero-order chi connectivity index (χ0) is 19.4. The second-order valence-corrected chi connectivity index (χ2v) is 8.54. The van der Waals surface area contributed by atoms with E-state index in [1.165, 1.54) is 50.7 Å². The molecule has 0 heterocycles. The van der Waals surface area contributed by atoms with E-state index in [1.807, 2.05) is 0 Å². The first-order valence-electron chi connectivity index (χ1n) is 10.8. The average Bonchev–Trinajstić information content (AvgIpc) is 2.67. The SMILES string of the molecule is CCCC1CCC(C2CCC(F)(c3ccc(OCC)c(F)c3F)CC2)CC1. The van der Waals surface area contributed by atoms with Crippen LogP contribution in [-0.4, -0.2) is 6.61 Å². The molecule has 2 fully saturated rings. The lowest BCUT2D eigenvalue weighted by Crippen LogP contribution is -2.32. The number of alkyl halides is 1. The Morgan fingerprint density at radius 3 is 2.15 bits per heavy atom. The molecule has 0 amide bonds. The second-order valence-electron chi connectivity index (χ2n) is 8.54. The maximum atomic E-state index is 15.5. The number of ether oxygens (including phenoxy) is 1. The molecule has 2 aliphatic carbocycles. The van der Waals surface area contributed by atoms with Crippen LogP contribution in [-0.2, 0) is 5.67 Å². The van der Waals surface area contributed by atoms with Crippen molar-refractivity contribution < 1.29 is 17.9 Å². The van der Waals surface area contributed by atoms with E-state index in [4.69, 9.17) is 4.74 Å². The van der Waals surface area contributed by atoms with Gasteiger partial charge in [0.1, 0.15) is 5.67 Å². The highest BCUT2D eigenvalue weighted by atomic mass is 19.2. The lowest BCUT2D eigenvalue weighted by atomic mass is 9.67. The number of halogens is 3. The third-order valence-electron chi connectivity index (χ3n) is 6.91. The molecule has 0 spiro atoms. The van der Waals surface area contributed by atoms with Gasteiger partial charge in [-0.1, -0.05) is 32.6 Å². The summed E-state index contributed by atoms with van der Waals surface area (Å²) in [5.41, 5.74) is -1.89. The molecule has 1 aromatic rings. The summed E-state index contributed by atoms with van der Waals surface area (Å²) in [6, 6.07) is 2.74. The zero-order valence-corrected chi connectivity index (χ0v) is 16.7. The van der Waals surface area contributed by atoms with Gasteiger partial charge in [0.2, 0.25) is 5.82 Å². The molecular weight excluding hydrogens is 349 g/mol. The quantitative estimate of drug-likeness (QED) is 0.500. The van der Waals surface area contributed by atoms with Gasteiger partial charge in [-0.2, -0.15) is 4.39 Å². The van der Waals surface area contributed by atoms with E-state index in [1.54, 1.807) is 6.92 Å². The van der Waals surface area contributed by atoms with E-state index in [9.17, 15) is 8.78 Å². The fourth-order valence-corrected chi connectivity index (χ4v) is 5.34. The van der Waals surface area contributed by atoms with Gasteiger partial charge >= 0.3 is 0 Å². The molecule has 0 saturated heterocycles. The number of hydrogen-bond donors (Lipinski definition) is 0. The van der Waals surface area contributed by atoms with Crippen LogP contribution in [0.5, 0.6) is 5.75 Å². The van der Waals surface area contributed by atoms with Gasteiger partial charge in [0, 0.05) is 5.56 Å². The Balaban J connectivity index is 1.62. The largest absolute Gasteiger partial charge is 0.491 e. The highest BCUT2D eigenvalue weighted by molar-refractivity contribution is 5.34.